The Morgan fingerprint density at radius 1 is 1.25 bits per heavy atom. The van der Waals surface area contributed by atoms with Gasteiger partial charge in [0, 0.05) is 18.0 Å². The highest BCUT2D eigenvalue weighted by Gasteiger charge is 2.20. The van der Waals surface area contributed by atoms with Crippen molar-refractivity contribution in [2.75, 3.05) is 33.7 Å². The number of piperidine rings is 1. The number of ketones is 1. The number of rotatable bonds is 6. The first-order valence-electron chi connectivity index (χ1n) is 7.64. The SMILES string of the molecule is CN1CCC(N(C)CCCC(=O)c2ccccc2)CC1. The summed E-state index contributed by atoms with van der Waals surface area (Å²) in [5, 5.41) is 0. The number of carbonyl (C=O) groups excluding carboxylic acids is 1. The van der Waals surface area contributed by atoms with Gasteiger partial charge in [0.25, 0.3) is 0 Å². The minimum Gasteiger partial charge on any atom is -0.306 e. The van der Waals surface area contributed by atoms with Crippen molar-refractivity contribution in [3.8, 4) is 0 Å². The van der Waals surface area contributed by atoms with Crippen LogP contribution in [0.15, 0.2) is 30.3 Å². The summed E-state index contributed by atoms with van der Waals surface area (Å²) < 4.78 is 0. The van der Waals surface area contributed by atoms with Crippen LogP contribution >= 0.6 is 0 Å². The Kier molecular flexibility index (Phi) is 5.74. The van der Waals surface area contributed by atoms with E-state index in [0.29, 0.717) is 12.5 Å². The van der Waals surface area contributed by atoms with Crippen molar-refractivity contribution in [2.45, 2.75) is 31.7 Å². The maximum atomic E-state index is 12.0. The molecule has 3 heteroatoms. The number of nitrogens with zero attached hydrogens (tertiary/aromatic N) is 2. The van der Waals surface area contributed by atoms with Crippen molar-refractivity contribution < 1.29 is 4.79 Å². The first-order chi connectivity index (χ1) is 9.66. The molecule has 1 aromatic carbocycles. The van der Waals surface area contributed by atoms with Crippen molar-refractivity contribution in [3.63, 3.8) is 0 Å². The average molecular weight is 274 g/mol. The number of Topliss-reactive ketones (excluding diaryl/α,β-unsaturated/α-hetero) is 1. The number of hydrogen-bond donors (Lipinski definition) is 0. The van der Waals surface area contributed by atoms with Gasteiger partial charge in [-0.2, -0.15) is 0 Å². The van der Waals surface area contributed by atoms with Crippen molar-refractivity contribution in [2.24, 2.45) is 0 Å². The number of carbonyl (C=O) groups is 1. The summed E-state index contributed by atoms with van der Waals surface area (Å²) in [4.78, 5) is 16.8. The lowest BCUT2D eigenvalue weighted by Gasteiger charge is -2.35. The molecule has 0 aromatic heterocycles. The topological polar surface area (TPSA) is 23.6 Å². The third-order valence-corrected chi connectivity index (χ3v) is 4.32. The van der Waals surface area contributed by atoms with E-state index in [1.54, 1.807) is 0 Å². The molecule has 20 heavy (non-hydrogen) atoms. The van der Waals surface area contributed by atoms with Crippen LogP contribution in [0.1, 0.15) is 36.0 Å². The Bertz CT molecular complexity index is 410. The van der Waals surface area contributed by atoms with Crippen molar-refractivity contribution in [1.29, 1.82) is 0 Å². The molecule has 0 spiro atoms. The zero-order valence-corrected chi connectivity index (χ0v) is 12.7. The quantitative estimate of drug-likeness (QED) is 0.745. The van der Waals surface area contributed by atoms with Crippen molar-refractivity contribution in [3.05, 3.63) is 35.9 Å². The molecule has 1 heterocycles. The molecule has 0 radical (unpaired) electrons. The fourth-order valence-electron chi connectivity index (χ4n) is 2.88. The molecule has 110 valence electrons. The predicted molar refractivity (Wildman–Crippen MR) is 83.2 cm³/mol. The van der Waals surface area contributed by atoms with Gasteiger partial charge in [0.15, 0.2) is 5.78 Å². The first-order valence-corrected chi connectivity index (χ1v) is 7.64. The second kappa shape index (κ2) is 7.55. The monoisotopic (exact) mass is 274 g/mol. The summed E-state index contributed by atoms with van der Waals surface area (Å²) >= 11 is 0. The molecule has 1 aromatic rings. The van der Waals surface area contributed by atoms with E-state index in [2.05, 4.69) is 23.9 Å². The van der Waals surface area contributed by atoms with Crippen LogP contribution in [0.3, 0.4) is 0 Å². The second-order valence-electron chi connectivity index (χ2n) is 5.91. The van der Waals surface area contributed by atoms with Crippen LogP contribution < -0.4 is 0 Å². The normalized spacial score (nSPS) is 17.6. The lowest BCUT2D eigenvalue weighted by Crippen LogP contribution is -2.42. The maximum Gasteiger partial charge on any atom is 0.162 e. The molecule has 0 N–H and O–H groups in total. The maximum absolute atomic E-state index is 12.0. The molecule has 1 aliphatic heterocycles. The highest BCUT2D eigenvalue weighted by molar-refractivity contribution is 5.95. The van der Waals surface area contributed by atoms with Gasteiger partial charge in [-0.1, -0.05) is 30.3 Å². The Hall–Kier alpha value is -1.19. The molecule has 1 saturated heterocycles. The lowest BCUT2D eigenvalue weighted by molar-refractivity contribution is 0.0966. The van der Waals surface area contributed by atoms with Gasteiger partial charge in [0.05, 0.1) is 0 Å². The first kappa shape index (κ1) is 15.2. The fraction of sp³-hybridized carbons (Fsp3) is 0.588. The molecule has 0 saturated carbocycles. The highest BCUT2D eigenvalue weighted by Crippen LogP contribution is 2.15. The molecule has 3 nitrogen and oxygen atoms in total. The largest absolute Gasteiger partial charge is 0.306 e. The third-order valence-electron chi connectivity index (χ3n) is 4.32. The molecule has 0 bridgehead atoms. The molecule has 2 rings (SSSR count). The van der Waals surface area contributed by atoms with Gasteiger partial charge < -0.3 is 9.80 Å². The summed E-state index contributed by atoms with van der Waals surface area (Å²) in [6, 6.07) is 10.3. The second-order valence-corrected chi connectivity index (χ2v) is 5.91. The molecule has 0 unspecified atom stereocenters. The van der Waals surface area contributed by atoms with Gasteiger partial charge in [0.2, 0.25) is 0 Å². The smallest absolute Gasteiger partial charge is 0.162 e. The fourth-order valence-corrected chi connectivity index (χ4v) is 2.88. The minimum absolute atomic E-state index is 0.266. The Morgan fingerprint density at radius 2 is 1.90 bits per heavy atom. The van der Waals surface area contributed by atoms with E-state index in [1.807, 2.05) is 30.3 Å². The van der Waals surface area contributed by atoms with Crippen LogP contribution in [0.4, 0.5) is 0 Å². The molecular weight excluding hydrogens is 248 g/mol. The molecule has 0 atom stereocenters. The van der Waals surface area contributed by atoms with E-state index in [1.165, 1.54) is 25.9 Å². The zero-order chi connectivity index (χ0) is 14.4. The van der Waals surface area contributed by atoms with E-state index >= 15 is 0 Å². The van der Waals surface area contributed by atoms with Crippen LogP contribution in [0.5, 0.6) is 0 Å². The molecule has 0 amide bonds. The van der Waals surface area contributed by atoms with E-state index in [0.717, 1.165) is 18.5 Å². The van der Waals surface area contributed by atoms with Gasteiger partial charge in [-0.3, -0.25) is 4.79 Å². The summed E-state index contributed by atoms with van der Waals surface area (Å²) in [6.07, 6.45) is 4.11. The summed E-state index contributed by atoms with van der Waals surface area (Å²) in [5.74, 6) is 0.266. The lowest BCUT2D eigenvalue weighted by atomic mass is 10.0. The van der Waals surface area contributed by atoms with E-state index in [4.69, 9.17) is 0 Å². The van der Waals surface area contributed by atoms with Gasteiger partial charge in [-0.15, -0.1) is 0 Å². The number of hydrogen-bond acceptors (Lipinski definition) is 3. The van der Waals surface area contributed by atoms with Gasteiger partial charge in [0.1, 0.15) is 0 Å². The minimum atomic E-state index is 0.266. The van der Waals surface area contributed by atoms with E-state index in [-0.39, 0.29) is 5.78 Å². The molecule has 1 aliphatic rings. The third kappa shape index (κ3) is 4.43. The summed E-state index contributed by atoms with van der Waals surface area (Å²) in [7, 11) is 4.39. The Morgan fingerprint density at radius 3 is 2.55 bits per heavy atom. The molecule has 0 aliphatic carbocycles. The van der Waals surface area contributed by atoms with Crippen LogP contribution in [0.25, 0.3) is 0 Å². The van der Waals surface area contributed by atoms with Gasteiger partial charge in [-0.25, -0.2) is 0 Å². The van der Waals surface area contributed by atoms with Gasteiger partial charge in [-0.05, 0) is 53.0 Å². The van der Waals surface area contributed by atoms with Crippen LogP contribution in [-0.2, 0) is 0 Å². The highest BCUT2D eigenvalue weighted by atomic mass is 16.1. The van der Waals surface area contributed by atoms with Crippen molar-refractivity contribution in [1.82, 2.24) is 9.80 Å². The van der Waals surface area contributed by atoms with Crippen molar-refractivity contribution >= 4 is 5.78 Å². The summed E-state index contributed by atoms with van der Waals surface area (Å²) in [6.45, 7) is 3.41. The number of likely N-dealkylation sites (tertiary alicyclic amines) is 1. The zero-order valence-electron chi connectivity index (χ0n) is 12.7. The standard InChI is InChI=1S/C17H26N2O/c1-18-13-10-16(11-14-18)19(2)12-6-9-17(20)15-7-4-3-5-8-15/h3-5,7-8,16H,6,9-14H2,1-2H3. The van der Waals surface area contributed by atoms with E-state index < -0.39 is 0 Å². The number of benzene rings is 1. The van der Waals surface area contributed by atoms with E-state index in [9.17, 15) is 4.79 Å². The van der Waals surface area contributed by atoms with Gasteiger partial charge >= 0.3 is 0 Å². The summed E-state index contributed by atoms with van der Waals surface area (Å²) in [5.41, 5.74) is 0.842. The Labute approximate surface area is 122 Å². The van der Waals surface area contributed by atoms with Crippen LogP contribution in [0, 0.1) is 0 Å². The van der Waals surface area contributed by atoms with Crippen LogP contribution in [0.2, 0.25) is 0 Å². The average Bonchev–Trinajstić information content (AvgIpc) is 2.48. The molecule has 1 fully saturated rings. The predicted octanol–water partition coefficient (Wildman–Crippen LogP) is 2.68. The Balaban J connectivity index is 1.69. The molecular formula is C17H26N2O. The van der Waals surface area contributed by atoms with Crippen LogP contribution in [-0.4, -0.2) is 55.4 Å².